The minimum atomic E-state index is -4.37. The van der Waals surface area contributed by atoms with Crippen LogP contribution < -0.4 is 4.90 Å². The third kappa shape index (κ3) is 9.02. The number of Topliss-reactive ketones (excluding diaryl/α,β-unsaturated/α-hetero) is 1. The van der Waals surface area contributed by atoms with Gasteiger partial charge in [0.25, 0.3) is 20.2 Å². The molecular weight excluding hydrogens is 683 g/mol. The van der Waals surface area contributed by atoms with Crippen molar-refractivity contribution in [2.75, 3.05) is 11.4 Å². The fraction of sp³-hybridized carbons (Fsp3) is 0.488. The van der Waals surface area contributed by atoms with Crippen LogP contribution in [-0.4, -0.2) is 38.3 Å². The molecule has 2 aliphatic rings. The predicted octanol–water partition coefficient (Wildman–Crippen LogP) is 9.79. The van der Waals surface area contributed by atoms with Crippen LogP contribution in [0.5, 0.6) is 0 Å². The quantitative estimate of drug-likeness (QED) is 0.0990. The van der Waals surface area contributed by atoms with Crippen LogP contribution in [0.25, 0.3) is 0 Å². The van der Waals surface area contributed by atoms with Crippen LogP contribution in [0.1, 0.15) is 129 Å². The molecule has 0 fully saturated rings. The number of nitrogens with zero attached hydrogens (tertiary/aromatic N) is 1. The van der Waals surface area contributed by atoms with Crippen molar-refractivity contribution >= 4 is 31.7 Å². The van der Waals surface area contributed by atoms with Gasteiger partial charge in [-0.25, -0.2) is 0 Å². The number of anilines is 1. The molecule has 1 aliphatic carbocycles. The van der Waals surface area contributed by atoms with Gasteiger partial charge in [-0.2, -0.15) is 16.8 Å². The molecule has 278 valence electrons. The lowest BCUT2D eigenvalue weighted by Gasteiger charge is -2.40. The molecule has 0 amide bonds. The van der Waals surface area contributed by atoms with Gasteiger partial charge in [-0.1, -0.05) is 104 Å². The van der Waals surface area contributed by atoms with Crippen LogP contribution in [0.4, 0.5) is 5.69 Å². The van der Waals surface area contributed by atoms with E-state index in [0.29, 0.717) is 25.2 Å². The number of fused-ring (bicyclic) bond motifs is 2. The molecule has 8 nitrogen and oxygen atoms in total. The Hall–Kier alpha value is -3.31. The second-order valence-electron chi connectivity index (χ2n) is 14.9. The first-order valence-corrected chi connectivity index (χ1v) is 21.1. The van der Waals surface area contributed by atoms with E-state index in [1.165, 1.54) is 17.7 Å². The summed E-state index contributed by atoms with van der Waals surface area (Å²) in [7, 11) is -8.72. The lowest BCUT2D eigenvalue weighted by molar-refractivity contribution is -0.119. The van der Waals surface area contributed by atoms with Crippen LogP contribution in [0, 0.1) is 0 Å². The van der Waals surface area contributed by atoms with Crippen LogP contribution in [0.2, 0.25) is 0 Å². The van der Waals surface area contributed by atoms with Gasteiger partial charge in [-0.05, 0) is 84.4 Å². The lowest BCUT2D eigenvalue weighted by Crippen LogP contribution is -2.29. The molecular formula is C41H55NO7S2. The van der Waals surface area contributed by atoms with Crippen molar-refractivity contribution in [2.45, 2.75) is 133 Å². The highest BCUT2D eigenvalue weighted by molar-refractivity contribution is 7.86. The average Bonchev–Trinajstić information content (AvgIpc) is 3.26. The van der Waals surface area contributed by atoms with Crippen molar-refractivity contribution in [1.29, 1.82) is 0 Å². The third-order valence-corrected chi connectivity index (χ3v) is 12.3. The summed E-state index contributed by atoms with van der Waals surface area (Å²) >= 11 is 0. The van der Waals surface area contributed by atoms with E-state index in [1.807, 2.05) is 38.1 Å². The lowest BCUT2D eigenvalue weighted by atomic mass is 9.64. The minimum absolute atomic E-state index is 0.0857. The summed E-state index contributed by atoms with van der Waals surface area (Å²) in [5.74, 6) is 0.402. The van der Waals surface area contributed by atoms with Crippen LogP contribution >= 0.6 is 0 Å². The Morgan fingerprint density at radius 2 is 1.41 bits per heavy atom. The molecule has 1 heterocycles. The van der Waals surface area contributed by atoms with E-state index in [-0.39, 0.29) is 15.7 Å². The zero-order valence-electron chi connectivity index (χ0n) is 31.2. The Kier molecular flexibility index (Phi) is 12.8. The smallest absolute Gasteiger partial charge is 0.294 e. The van der Waals surface area contributed by atoms with Gasteiger partial charge in [0.05, 0.1) is 9.79 Å². The molecule has 0 aromatic heterocycles. The fourth-order valence-corrected chi connectivity index (χ4v) is 8.72. The Morgan fingerprint density at radius 1 is 0.784 bits per heavy atom. The minimum Gasteiger partial charge on any atom is -0.344 e. The second-order valence-corrected chi connectivity index (χ2v) is 17.8. The topological polar surface area (TPSA) is 129 Å². The first kappa shape index (κ1) is 40.5. The van der Waals surface area contributed by atoms with Crippen molar-refractivity contribution in [2.24, 2.45) is 0 Å². The molecule has 10 heteroatoms. The predicted molar refractivity (Wildman–Crippen MR) is 206 cm³/mol. The van der Waals surface area contributed by atoms with Gasteiger partial charge >= 0.3 is 0 Å². The molecule has 4 rings (SSSR count). The van der Waals surface area contributed by atoms with Crippen molar-refractivity contribution < 1.29 is 30.7 Å². The van der Waals surface area contributed by atoms with Crippen molar-refractivity contribution in [1.82, 2.24) is 0 Å². The Morgan fingerprint density at radius 3 is 2.04 bits per heavy atom. The molecule has 1 unspecified atom stereocenters. The zero-order chi connectivity index (χ0) is 37.8. The van der Waals surface area contributed by atoms with Crippen molar-refractivity contribution in [3.63, 3.8) is 0 Å². The SMILES string of the molecule is CCCCC(=O)CCCCCN1C(=CC=CC=CC2=C(CCC)C(C)c3ccc(S(=O)(=O)O)cc3C2(C)C)C(C)(C)c2cc(S(=O)(=O)O)ccc21. The summed E-state index contributed by atoms with van der Waals surface area (Å²) in [5, 5.41) is 0. The van der Waals surface area contributed by atoms with Crippen LogP contribution in [0.3, 0.4) is 0 Å². The molecule has 1 aliphatic heterocycles. The Balaban J connectivity index is 1.64. The maximum absolute atomic E-state index is 12.2. The molecule has 0 radical (unpaired) electrons. The van der Waals surface area contributed by atoms with E-state index in [2.05, 4.69) is 51.7 Å². The first-order chi connectivity index (χ1) is 23.8. The summed E-state index contributed by atoms with van der Waals surface area (Å²) in [6.45, 7) is 15.4. The number of rotatable bonds is 16. The number of carbonyl (C=O) groups is 1. The summed E-state index contributed by atoms with van der Waals surface area (Å²) in [6, 6.07) is 9.67. The molecule has 2 aromatic rings. The molecule has 2 N–H and O–H groups in total. The number of benzene rings is 2. The zero-order valence-corrected chi connectivity index (χ0v) is 32.8. The molecule has 51 heavy (non-hydrogen) atoms. The summed E-state index contributed by atoms with van der Waals surface area (Å²) in [5.41, 5.74) is 6.03. The van der Waals surface area contributed by atoms with Gasteiger partial charge in [-0.15, -0.1) is 0 Å². The van der Waals surface area contributed by atoms with E-state index in [4.69, 9.17) is 0 Å². The number of hydrogen-bond donors (Lipinski definition) is 2. The molecule has 0 spiro atoms. The molecule has 1 atom stereocenters. The van der Waals surface area contributed by atoms with Crippen LogP contribution in [0.15, 0.2) is 93.4 Å². The monoisotopic (exact) mass is 737 g/mol. The van der Waals surface area contributed by atoms with E-state index >= 15 is 0 Å². The first-order valence-electron chi connectivity index (χ1n) is 18.2. The summed E-state index contributed by atoms with van der Waals surface area (Å²) < 4.78 is 67.7. The number of allylic oxidation sites excluding steroid dienone is 8. The van der Waals surface area contributed by atoms with E-state index in [9.17, 15) is 30.7 Å². The van der Waals surface area contributed by atoms with Crippen molar-refractivity contribution in [3.05, 3.63) is 100 Å². The molecule has 2 aromatic carbocycles. The van der Waals surface area contributed by atoms with Gasteiger partial charge < -0.3 is 4.90 Å². The normalized spacial score (nSPS) is 19.4. The van der Waals surface area contributed by atoms with Gasteiger partial charge in [0.1, 0.15) is 5.78 Å². The van der Waals surface area contributed by atoms with Gasteiger partial charge in [0.2, 0.25) is 0 Å². The highest BCUT2D eigenvalue weighted by atomic mass is 32.2. The number of unbranched alkanes of at least 4 members (excludes halogenated alkanes) is 3. The molecule has 0 saturated heterocycles. The summed E-state index contributed by atoms with van der Waals surface area (Å²) in [6.07, 6.45) is 17.7. The Labute approximate surface area is 305 Å². The molecule has 0 bridgehead atoms. The number of hydrogen-bond acceptors (Lipinski definition) is 6. The van der Waals surface area contributed by atoms with E-state index in [1.54, 1.807) is 18.2 Å². The fourth-order valence-electron chi connectivity index (χ4n) is 7.70. The largest absolute Gasteiger partial charge is 0.344 e. The highest BCUT2D eigenvalue weighted by Gasteiger charge is 2.40. The third-order valence-electron chi connectivity index (χ3n) is 10.6. The van der Waals surface area contributed by atoms with Gasteiger partial charge in [0, 0.05) is 47.5 Å². The standard InChI is InChI=1S/C41H55NO7S2/c1-8-10-18-30(43)19-13-12-16-26-42-38-25-23-32(51(47,48)49)28-37(38)41(6,7)39(42)21-15-11-14-20-35-33(17-9-2)29(3)34-24-22-31(50(44,45)46)27-36(34)40(35,4)5/h11,14-15,20-25,27-29H,8-10,12-13,16-19,26H2,1-7H3,(H,44,45,46)(H,47,48,49). The van der Waals surface area contributed by atoms with Crippen LogP contribution in [-0.2, 0) is 35.9 Å². The number of ketones is 1. The highest BCUT2D eigenvalue weighted by Crippen LogP contribution is 2.50. The van der Waals surface area contributed by atoms with E-state index in [0.717, 1.165) is 78.6 Å². The van der Waals surface area contributed by atoms with E-state index < -0.39 is 31.1 Å². The van der Waals surface area contributed by atoms with Crippen molar-refractivity contribution in [3.8, 4) is 0 Å². The Bertz CT molecular complexity index is 1970. The van der Waals surface area contributed by atoms with Gasteiger partial charge in [-0.3, -0.25) is 13.9 Å². The summed E-state index contributed by atoms with van der Waals surface area (Å²) in [4.78, 5) is 14.2. The second kappa shape index (κ2) is 16.1. The molecule has 0 saturated carbocycles. The number of carbonyl (C=O) groups excluding carboxylic acids is 1. The average molecular weight is 738 g/mol. The maximum Gasteiger partial charge on any atom is 0.294 e. The maximum atomic E-state index is 12.2. The van der Waals surface area contributed by atoms with Gasteiger partial charge in [0.15, 0.2) is 0 Å².